The maximum absolute atomic E-state index is 12.2. The van der Waals surface area contributed by atoms with Crippen molar-refractivity contribution in [2.45, 2.75) is 26.3 Å². The molecule has 2 amide bonds. The van der Waals surface area contributed by atoms with Crippen LogP contribution in [0.5, 0.6) is 0 Å². The van der Waals surface area contributed by atoms with E-state index in [4.69, 9.17) is 11.5 Å². The van der Waals surface area contributed by atoms with Crippen molar-refractivity contribution in [3.63, 3.8) is 0 Å². The summed E-state index contributed by atoms with van der Waals surface area (Å²) in [5.74, 6) is -0.533. The first-order chi connectivity index (χ1) is 9.10. The molecular formula is C14H22N4O2. The number of nitrogens with two attached hydrogens (primary N) is 2. The number of carbonyl (C=O) groups is 2. The van der Waals surface area contributed by atoms with Gasteiger partial charge in [-0.2, -0.15) is 0 Å². The van der Waals surface area contributed by atoms with Crippen LogP contribution in [0.4, 0.5) is 11.4 Å². The summed E-state index contributed by atoms with van der Waals surface area (Å²) in [6.07, 6.45) is 0. The third-order valence-electron chi connectivity index (χ3n) is 2.55. The second-order valence-corrected chi connectivity index (χ2v) is 5.81. The van der Waals surface area contributed by atoms with E-state index >= 15 is 0 Å². The highest BCUT2D eigenvalue weighted by molar-refractivity contribution is 6.01. The summed E-state index contributed by atoms with van der Waals surface area (Å²) in [5.41, 5.74) is 12.2. The Kier molecular flexibility index (Phi) is 4.60. The van der Waals surface area contributed by atoms with Crippen LogP contribution >= 0.6 is 0 Å². The van der Waals surface area contributed by atoms with E-state index in [-0.39, 0.29) is 23.9 Å². The van der Waals surface area contributed by atoms with Gasteiger partial charge < -0.3 is 21.7 Å². The van der Waals surface area contributed by atoms with Gasteiger partial charge in [-0.1, -0.05) is 0 Å². The van der Waals surface area contributed by atoms with Crippen LogP contribution in [-0.4, -0.2) is 35.8 Å². The zero-order valence-corrected chi connectivity index (χ0v) is 12.4. The normalized spacial score (nSPS) is 11.0. The molecule has 20 heavy (non-hydrogen) atoms. The van der Waals surface area contributed by atoms with Crippen molar-refractivity contribution < 1.29 is 9.59 Å². The number of benzene rings is 1. The zero-order chi connectivity index (χ0) is 15.5. The minimum absolute atomic E-state index is 0.0279. The largest absolute Gasteiger partial charge is 0.399 e. The number of amides is 2. The predicted molar refractivity (Wildman–Crippen MR) is 80.1 cm³/mol. The fraction of sp³-hybridized carbons (Fsp3) is 0.429. The second kappa shape index (κ2) is 5.81. The molecule has 6 heteroatoms. The molecule has 6 nitrogen and oxygen atoms in total. The van der Waals surface area contributed by atoms with Gasteiger partial charge >= 0.3 is 0 Å². The van der Waals surface area contributed by atoms with E-state index in [0.29, 0.717) is 16.9 Å². The first kappa shape index (κ1) is 15.8. The van der Waals surface area contributed by atoms with Crippen molar-refractivity contribution in [2.24, 2.45) is 0 Å². The van der Waals surface area contributed by atoms with Gasteiger partial charge in [0.1, 0.15) is 0 Å². The number of carbonyl (C=O) groups excluding carboxylic acids is 2. The molecule has 0 saturated heterocycles. The van der Waals surface area contributed by atoms with Gasteiger partial charge in [0, 0.05) is 24.0 Å². The Hall–Kier alpha value is -2.24. The average molecular weight is 278 g/mol. The molecule has 0 unspecified atom stereocenters. The van der Waals surface area contributed by atoms with Gasteiger partial charge in [0.05, 0.1) is 12.1 Å². The number of anilines is 2. The van der Waals surface area contributed by atoms with Gasteiger partial charge in [0.25, 0.3) is 5.91 Å². The summed E-state index contributed by atoms with van der Waals surface area (Å²) in [7, 11) is 1.56. The Morgan fingerprint density at radius 2 is 1.85 bits per heavy atom. The lowest BCUT2D eigenvalue weighted by molar-refractivity contribution is -0.122. The molecule has 0 aromatic heterocycles. The van der Waals surface area contributed by atoms with Crippen LogP contribution in [0.15, 0.2) is 18.2 Å². The van der Waals surface area contributed by atoms with E-state index in [1.807, 2.05) is 20.8 Å². The van der Waals surface area contributed by atoms with E-state index in [1.54, 1.807) is 19.2 Å². The quantitative estimate of drug-likeness (QED) is 0.713. The van der Waals surface area contributed by atoms with Crippen LogP contribution < -0.4 is 16.8 Å². The number of nitrogens with one attached hydrogen (secondary N) is 1. The van der Waals surface area contributed by atoms with Crippen LogP contribution in [0, 0.1) is 0 Å². The van der Waals surface area contributed by atoms with Gasteiger partial charge in [-0.3, -0.25) is 9.59 Å². The highest BCUT2D eigenvalue weighted by Crippen LogP contribution is 2.17. The molecule has 0 aliphatic carbocycles. The molecule has 1 aromatic carbocycles. The van der Waals surface area contributed by atoms with Crippen LogP contribution in [-0.2, 0) is 4.79 Å². The number of hydrogen-bond acceptors (Lipinski definition) is 4. The van der Waals surface area contributed by atoms with Gasteiger partial charge in [-0.05, 0) is 39.0 Å². The van der Waals surface area contributed by atoms with Crippen molar-refractivity contribution in [2.75, 3.05) is 25.1 Å². The first-order valence-corrected chi connectivity index (χ1v) is 6.31. The zero-order valence-electron chi connectivity index (χ0n) is 12.4. The van der Waals surface area contributed by atoms with Crippen LogP contribution in [0.3, 0.4) is 0 Å². The lowest BCUT2D eigenvalue weighted by Gasteiger charge is -2.23. The van der Waals surface area contributed by atoms with Crippen LogP contribution in [0.25, 0.3) is 0 Å². The molecule has 0 fully saturated rings. The van der Waals surface area contributed by atoms with Crippen molar-refractivity contribution in [3.8, 4) is 0 Å². The van der Waals surface area contributed by atoms with E-state index in [1.165, 1.54) is 11.0 Å². The Bertz CT molecular complexity index is 520. The second-order valence-electron chi connectivity index (χ2n) is 5.81. The summed E-state index contributed by atoms with van der Waals surface area (Å²) in [6, 6.07) is 4.69. The van der Waals surface area contributed by atoms with Gasteiger partial charge in [-0.15, -0.1) is 0 Å². The SMILES string of the molecule is CN(CC(=O)NC(C)(C)C)C(=O)c1ccc(N)cc1N. The Morgan fingerprint density at radius 1 is 1.25 bits per heavy atom. The van der Waals surface area contributed by atoms with Gasteiger partial charge in [-0.25, -0.2) is 0 Å². The molecule has 0 aliphatic rings. The molecule has 0 radical (unpaired) electrons. The van der Waals surface area contributed by atoms with Crippen molar-refractivity contribution >= 4 is 23.2 Å². The smallest absolute Gasteiger partial charge is 0.256 e. The van der Waals surface area contributed by atoms with Crippen molar-refractivity contribution in [3.05, 3.63) is 23.8 Å². The molecule has 0 saturated carbocycles. The Morgan fingerprint density at radius 3 is 2.35 bits per heavy atom. The molecule has 1 rings (SSSR count). The van der Waals surface area contributed by atoms with E-state index < -0.39 is 0 Å². The standard InChI is InChI=1S/C14H22N4O2/c1-14(2,3)17-12(19)8-18(4)13(20)10-6-5-9(15)7-11(10)16/h5-7H,8,15-16H2,1-4H3,(H,17,19). The number of rotatable bonds is 3. The predicted octanol–water partition coefficient (Wildman–Crippen LogP) is 0.838. The number of nitrogen functional groups attached to an aromatic ring is 2. The number of hydrogen-bond donors (Lipinski definition) is 3. The van der Waals surface area contributed by atoms with E-state index in [9.17, 15) is 9.59 Å². The molecule has 5 N–H and O–H groups in total. The average Bonchev–Trinajstić information content (AvgIpc) is 2.25. The molecule has 0 aliphatic heterocycles. The van der Waals surface area contributed by atoms with E-state index in [2.05, 4.69) is 5.32 Å². The van der Waals surface area contributed by atoms with Crippen molar-refractivity contribution in [1.82, 2.24) is 10.2 Å². The fourth-order valence-electron chi connectivity index (χ4n) is 1.73. The molecule has 110 valence electrons. The molecule has 0 spiro atoms. The summed E-state index contributed by atoms with van der Waals surface area (Å²) in [6.45, 7) is 5.61. The lowest BCUT2D eigenvalue weighted by Crippen LogP contribution is -2.46. The molecule has 1 aromatic rings. The summed E-state index contributed by atoms with van der Waals surface area (Å²) < 4.78 is 0. The molecule has 0 heterocycles. The van der Waals surface area contributed by atoms with Gasteiger partial charge in [0.15, 0.2) is 0 Å². The molecule has 0 bridgehead atoms. The number of likely N-dealkylation sites (N-methyl/N-ethyl adjacent to an activating group) is 1. The Labute approximate surface area is 119 Å². The minimum Gasteiger partial charge on any atom is -0.399 e. The highest BCUT2D eigenvalue weighted by atomic mass is 16.2. The monoisotopic (exact) mass is 278 g/mol. The summed E-state index contributed by atoms with van der Waals surface area (Å²) >= 11 is 0. The third kappa shape index (κ3) is 4.46. The highest BCUT2D eigenvalue weighted by Gasteiger charge is 2.20. The third-order valence-corrected chi connectivity index (χ3v) is 2.55. The number of nitrogens with zero attached hydrogens (tertiary/aromatic N) is 1. The Balaban J connectivity index is 2.75. The summed E-state index contributed by atoms with van der Waals surface area (Å²) in [5, 5.41) is 2.80. The summed E-state index contributed by atoms with van der Waals surface area (Å²) in [4.78, 5) is 25.3. The van der Waals surface area contributed by atoms with Crippen LogP contribution in [0.1, 0.15) is 31.1 Å². The molecular weight excluding hydrogens is 256 g/mol. The maximum atomic E-state index is 12.2. The molecule has 0 atom stereocenters. The fourth-order valence-corrected chi connectivity index (χ4v) is 1.73. The van der Waals surface area contributed by atoms with E-state index in [0.717, 1.165) is 0 Å². The van der Waals surface area contributed by atoms with Gasteiger partial charge in [0.2, 0.25) is 5.91 Å². The minimum atomic E-state index is -0.332. The van der Waals surface area contributed by atoms with Crippen LogP contribution in [0.2, 0.25) is 0 Å². The topological polar surface area (TPSA) is 101 Å². The maximum Gasteiger partial charge on any atom is 0.256 e. The van der Waals surface area contributed by atoms with Crippen molar-refractivity contribution in [1.29, 1.82) is 0 Å². The lowest BCUT2D eigenvalue weighted by atomic mass is 10.1. The first-order valence-electron chi connectivity index (χ1n) is 6.31.